The Labute approximate surface area is 211 Å². The van der Waals surface area contributed by atoms with Crippen molar-refractivity contribution in [3.8, 4) is 11.3 Å². The maximum Gasteiger partial charge on any atom is 0.338 e. The van der Waals surface area contributed by atoms with Gasteiger partial charge in [-0.25, -0.2) is 14.7 Å². The number of ketones is 1. The third kappa shape index (κ3) is 4.23. The molecule has 5 rings (SSSR count). The normalized spacial score (nSPS) is 13.4. The molecule has 0 radical (unpaired) electrons. The molecule has 178 valence electrons. The van der Waals surface area contributed by atoms with Crippen LogP contribution in [0.2, 0.25) is 0 Å². The molecule has 1 atom stereocenters. The summed E-state index contributed by atoms with van der Waals surface area (Å²) in [6.45, 7) is 1.75. The van der Waals surface area contributed by atoms with Crippen molar-refractivity contribution in [3.63, 3.8) is 0 Å². The Morgan fingerprint density at radius 1 is 0.889 bits per heavy atom. The molecule has 8 heteroatoms. The van der Waals surface area contributed by atoms with E-state index in [1.54, 1.807) is 42.6 Å². The second-order valence-corrected chi connectivity index (χ2v) is 8.96. The van der Waals surface area contributed by atoms with Gasteiger partial charge in [-0.1, -0.05) is 67.6 Å². The van der Waals surface area contributed by atoms with Gasteiger partial charge in [0.05, 0.1) is 22.4 Å². The number of benzene rings is 3. The van der Waals surface area contributed by atoms with Gasteiger partial charge in [0.2, 0.25) is 5.78 Å². The van der Waals surface area contributed by atoms with Gasteiger partial charge < -0.3 is 4.74 Å². The first-order valence-electron chi connectivity index (χ1n) is 11.3. The second kappa shape index (κ2) is 9.67. The topological polar surface area (TPSA) is 93.6 Å². The van der Waals surface area contributed by atoms with Gasteiger partial charge in [-0.15, -0.1) is 11.3 Å². The number of carbonyl (C=O) groups excluding carboxylic acids is 4. The third-order valence-corrected chi connectivity index (χ3v) is 6.67. The number of carbonyl (C=O) groups is 4. The lowest BCUT2D eigenvalue weighted by Crippen LogP contribution is -2.29. The largest absolute Gasteiger partial charge is 0.450 e. The van der Waals surface area contributed by atoms with Crippen molar-refractivity contribution in [2.75, 3.05) is 4.90 Å². The molecule has 0 aliphatic carbocycles. The number of aromatic nitrogens is 1. The van der Waals surface area contributed by atoms with E-state index in [1.807, 2.05) is 30.3 Å². The molecule has 3 aromatic carbocycles. The smallest absolute Gasteiger partial charge is 0.338 e. The van der Waals surface area contributed by atoms with E-state index >= 15 is 0 Å². The second-order valence-electron chi connectivity index (χ2n) is 8.12. The molecular formula is C28H20N2O5S. The summed E-state index contributed by atoms with van der Waals surface area (Å²) in [7, 11) is 0. The van der Waals surface area contributed by atoms with Gasteiger partial charge in [0.25, 0.3) is 11.8 Å². The molecule has 1 unspecified atom stereocenters. The Kier molecular flexibility index (Phi) is 6.26. The first-order chi connectivity index (χ1) is 17.5. The van der Waals surface area contributed by atoms with Gasteiger partial charge in [0.1, 0.15) is 0 Å². The van der Waals surface area contributed by atoms with Crippen LogP contribution in [-0.2, 0) is 4.74 Å². The van der Waals surface area contributed by atoms with Crippen molar-refractivity contribution >= 4 is 40.0 Å². The minimum absolute atomic E-state index is 0.0835. The lowest BCUT2D eigenvalue weighted by atomic mass is 10.0. The summed E-state index contributed by atoms with van der Waals surface area (Å²) in [5.41, 5.74) is 2.33. The minimum Gasteiger partial charge on any atom is -0.450 e. The van der Waals surface area contributed by atoms with E-state index in [9.17, 15) is 19.2 Å². The first kappa shape index (κ1) is 23.3. The summed E-state index contributed by atoms with van der Waals surface area (Å²) in [5, 5.41) is 2.04. The molecule has 2 amide bonds. The fraction of sp³-hybridized carbons (Fsp3) is 0.107. The van der Waals surface area contributed by atoms with E-state index in [-0.39, 0.29) is 27.6 Å². The monoisotopic (exact) mass is 496 g/mol. The van der Waals surface area contributed by atoms with Crippen molar-refractivity contribution in [2.45, 2.75) is 19.4 Å². The Morgan fingerprint density at radius 2 is 1.56 bits per heavy atom. The van der Waals surface area contributed by atoms with Crippen LogP contribution >= 0.6 is 11.3 Å². The maximum absolute atomic E-state index is 13.2. The highest BCUT2D eigenvalue weighted by Gasteiger charge is 2.39. The molecule has 7 nitrogen and oxygen atoms in total. The van der Waals surface area contributed by atoms with Gasteiger partial charge in [0.15, 0.2) is 11.2 Å². The van der Waals surface area contributed by atoms with Gasteiger partial charge in [-0.05, 0) is 24.6 Å². The van der Waals surface area contributed by atoms with Crippen molar-refractivity contribution in [1.82, 2.24) is 4.98 Å². The number of fused-ring (bicyclic) bond motifs is 1. The summed E-state index contributed by atoms with van der Waals surface area (Å²) in [6.07, 6.45) is -0.669. The number of hydrogen-bond acceptors (Lipinski definition) is 7. The van der Waals surface area contributed by atoms with Crippen molar-refractivity contribution in [3.05, 3.63) is 106 Å². The number of Topliss-reactive ketones (excluding diaryl/α,β-unsaturated/α-hetero) is 1. The SMILES string of the molecule is CCC(OC(=O)c1ccc2c(c1)C(=O)N(c1nc(-c3ccccc3)cs1)C2=O)C(=O)c1ccccc1. The van der Waals surface area contributed by atoms with Crippen molar-refractivity contribution < 1.29 is 23.9 Å². The zero-order chi connectivity index (χ0) is 25.2. The van der Waals surface area contributed by atoms with E-state index in [4.69, 9.17) is 4.74 Å². The molecule has 4 aromatic rings. The van der Waals surface area contributed by atoms with Crippen LogP contribution in [0, 0.1) is 0 Å². The number of ether oxygens (including phenoxy) is 1. The zero-order valence-corrected chi connectivity index (χ0v) is 20.0. The number of hydrogen-bond donors (Lipinski definition) is 0. The molecule has 0 spiro atoms. The Bertz CT molecular complexity index is 1480. The van der Waals surface area contributed by atoms with Gasteiger partial charge in [0, 0.05) is 16.5 Å². The quantitative estimate of drug-likeness (QED) is 0.192. The van der Waals surface area contributed by atoms with Gasteiger partial charge >= 0.3 is 5.97 Å². The van der Waals surface area contributed by atoms with Gasteiger partial charge in [-0.2, -0.15) is 0 Å². The van der Waals surface area contributed by atoms with E-state index in [0.717, 1.165) is 10.5 Å². The molecule has 2 heterocycles. The maximum atomic E-state index is 13.2. The van der Waals surface area contributed by atoms with Crippen LogP contribution in [0.3, 0.4) is 0 Å². The molecule has 1 aliphatic heterocycles. The molecule has 0 bridgehead atoms. The summed E-state index contributed by atoms with van der Waals surface area (Å²) in [6, 6.07) is 22.2. The lowest BCUT2D eigenvalue weighted by molar-refractivity contribution is 0.0277. The van der Waals surface area contributed by atoms with Crippen LogP contribution in [0.25, 0.3) is 11.3 Å². The minimum atomic E-state index is -0.964. The highest BCUT2D eigenvalue weighted by Crippen LogP contribution is 2.33. The highest BCUT2D eigenvalue weighted by molar-refractivity contribution is 7.14. The third-order valence-electron chi connectivity index (χ3n) is 5.85. The Morgan fingerprint density at radius 3 is 2.25 bits per heavy atom. The highest BCUT2D eigenvalue weighted by atomic mass is 32.1. The lowest BCUT2D eigenvalue weighted by Gasteiger charge is -2.15. The van der Waals surface area contributed by atoms with Crippen LogP contribution in [0.15, 0.2) is 84.2 Å². The molecule has 1 aliphatic rings. The zero-order valence-electron chi connectivity index (χ0n) is 19.2. The number of anilines is 1. The molecular weight excluding hydrogens is 476 g/mol. The van der Waals surface area contributed by atoms with Gasteiger partial charge in [-0.3, -0.25) is 14.4 Å². The van der Waals surface area contributed by atoms with Crippen LogP contribution in [-0.4, -0.2) is 34.7 Å². The molecule has 0 saturated carbocycles. The summed E-state index contributed by atoms with van der Waals surface area (Å²) in [4.78, 5) is 57.3. The summed E-state index contributed by atoms with van der Waals surface area (Å²) >= 11 is 1.19. The van der Waals surface area contributed by atoms with Crippen molar-refractivity contribution in [2.24, 2.45) is 0 Å². The molecule has 0 fully saturated rings. The van der Waals surface area contributed by atoms with E-state index in [0.29, 0.717) is 17.7 Å². The number of nitrogens with zero attached hydrogens (tertiary/aromatic N) is 2. The fourth-order valence-corrected chi connectivity index (χ4v) is 4.79. The van der Waals surface area contributed by atoms with E-state index < -0.39 is 23.9 Å². The average Bonchev–Trinajstić information content (AvgIpc) is 3.50. The Balaban J connectivity index is 1.37. The summed E-state index contributed by atoms with van der Waals surface area (Å²) < 4.78 is 5.48. The van der Waals surface area contributed by atoms with Crippen LogP contribution < -0.4 is 4.90 Å². The average molecular weight is 497 g/mol. The molecule has 36 heavy (non-hydrogen) atoms. The first-order valence-corrected chi connectivity index (χ1v) is 12.2. The number of esters is 1. The van der Waals surface area contributed by atoms with Crippen LogP contribution in [0.5, 0.6) is 0 Å². The predicted molar refractivity (Wildman–Crippen MR) is 135 cm³/mol. The Hall–Kier alpha value is -4.43. The number of imide groups is 1. The van der Waals surface area contributed by atoms with Crippen LogP contribution in [0.4, 0.5) is 5.13 Å². The fourth-order valence-electron chi connectivity index (χ4n) is 3.96. The van der Waals surface area contributed by atoms with E-state index in [2.05, 4.69) is 4.98 Å². The van der Waals surface area contributed by atoms with Crippen molar-refractivity contribution in [1.29, 1.82) is 0 Å². The molecule has 0 N–H and O–H groups in total. The standard InChI is InChI=1S/C28H20N2O5S/c1-2-23(24(31)18-11-7-4-8-12-18)35-27(34)19-13-14-20-21(15-19)26(33)30(25(20)32)28-29-22(16-36-28)17-9-5-3-6-10-17/h3-16,23H,2H2,1H3. The van der Waals surface area contributed by atoms with Crippen LogP contribution in [0.1, 0.15) is 54.8 Å². The predicted octanol–water partition coefficient (Wildman–Crippen LogP) is 5.43. The number of thiazole rings is 1. The summed E-state index contributed by atoms with van der Waals surface area (Å²) in [5.74, 6) is -2.11. The number of amides is 2. The number of rotatable bonds is 7. The molecule has 1 aromatic heterocycles. The molecule has 0 saturated heterocycles. The van der Waals surface area contributed by atoms with E-state index in [1.165, 1.54) is 29.5 Å².